The molecule has 4 N–H and O–H groups in total. The number of benzene rings is 1. The van der Waals surface area contributed by atoms with Crippen LogP contribution in [0.4, 0.5) is 11.8 Å². The van der Waals surface area contributed by atoms with E-state index in [1.807, 2.05) is 6.07 Å². The number of aromatic nitrogens is 2. The Labute approximate surface area is 184 Å². The smallest absolute Gasteiger partial charge is 0.224 e. The van der Waals surface area contributed by atoms with E-state index in [0.717, 1.165) is 31.8 Å². The Morgan fingerprint density at radius 1 is 1.10 bits per heavy atom. The van der Waals surface area contributed by atoms with Gasteiger partial charge in [0.05, 0.1) is 6.20 Å². The maximum absolute atomic E-state index is 9.54. The fourth-order valence-electron chi connectivity index (χ4n) is 6.54. The van der Waals surface area contributed by atoms with E-state index in [2.05, 4.69) is 50.9 Å². The van der Waals surface area contributed by atoms with Crippen molar-refractivity contribution in [2.45, 2.75) is 51.0 Å². The number of hydrogen-bond acceptors (Lipinski definition) is 6. The normalized spacial score (nSPS) is 30.7. The molecule has 0 spiro atoms. The Bertz CT molecular complexity index is 936. The zero-order valence-electron chi connectivity index (χ0n) is 18.1. The number of nitrogens with two attached hydrogens (primary N) is 1. The van der Waals surface area contributed by atoms with Gasteiger partial charge in [0, 0.05) is 19.1 Å². The fourth-order valence-corrected chi connectivity index (χ4v) is 6.54. The van der Waals surface area contributed by atoms with Gasteiger partial charge < -0.3 is 16.4 Å². The number of nitrogens with one attached hydrogen (secondary N) is 2. The predicted octanol–water partition coefficient (Wildman–Crippen LogP) is 3.96. The average molecular weight is 417 g/mol. The SMILES string of the molecule is N#Cc1cnc(NCCCc2ccccc2)nc1NC[C@]12CC3C[C@H](C1)[C@@H](N)[C@@H](C3)C2. The van der Waals surface area contributed by atoms with Crippen molar-refractivity contribution in [2.75, 3.05) is 23.7 Å². The minimum absolute atomic E-state index is 0.313. The average Bonchev–Trinajstić information content (AvgIpc) is 2.79. The molecule has 0 saturated heterocycles. The predicted molar refractivity (Wildman–Crippen MR) is 122 cm³/mol. The van der Waals surface area contributed by atoms with Crippen molar-refractivity contribution >= 4 is 11.8 Å². The summed E-state index contributed by atoms with van der Waals surface area (Å²) in [6.45, 7) is 1.68. The molecule has 31 heavy (non-hydrogen) atoms. The number of nitrogens with zero attached hydrogens (tertiary/aromatic N) is 3. The molecule has 162 valence electrons. The van der Waals surface area contributed by atoms with Gasteiger partial charge in [0.15, 0.2) is 0 Å². The van der Waals surface area contributed by atoms with Gasteiger partial charge >= 0.3 is 0 Å². The highest BCUT2D eigenvalue weighted by molar-refractivity contribution is 5.53. The van der Waals surface area contributed by atoms with Crippen molar-refractivity contribution in [1.82, 2.24) is 9.97 Å². The fraction of sp³-hybridized carbons (Fsp3) is 0.560. The van der Waals surface area contributed by atoms with Gasteiger partial charge in [0.1, 0.15) is 17.5 Å². The molecule has 4 bridgehead atoms. The molecule has 1 heterocycles. The first-order chi connectivity index (χ1) is 15.1. The Hall–Kier alpha value is -2.65. The third-order valence-electron chi connectivity index (χ3n) is 7.78. The number of aryl methyl sites for hydroxylation is 1. The van der Waals surface area contributed by atoms with Crippen LogP contribution < -0.4 is 16.4 Å². The highest BCUT2D eigenvalue weighted by atomic mass is 15.1. The second kappa shape index (κ2) is 8.47. The lowest BCUT2D eigenvalue weighted by Crippen LogP contribution is -2.58. The summed E-state index contributed by atoms with van der Waals surface area (Å²) in [6, 6.07) is 13.1. The van der Waals surface area contributed by atoms with Gasteiger partial charge in [-0.1, -0.05) is 30.3 Å². The third kappa shape index (κ3) is 4.24. The molecule has 0 aliphatic heterocycles. The second-order valence-electron chi connectivity index (χ2n) is 9.98. The highest BCUT2D eigenvalue weighted by Gasteiger charge is 2.54. The molecule has 6 nitrogen and oxygen atoms in total. The van der Waals surface area contributed by atoms with Crippen LogP contribution in [-0.2, 0) is 6.42 Å². The topological polar surface area (TPSA) is 99.6 Å². The monoisotopic (exact) mass is 416 g/mol. The van der Waals surface area contributed by atoms with E-state index in [4.69, 9.17) is 5.73 Å². The lowest BCUT2D eigenvalue weighted by atomic mass is 9.48. The molecule has 1 aromatic heterocycles. The van der Waals surface area contributed by atoms with Crippen molar-refractivity contribution in [3.8, 4) is 6.07 Å². The summed E-state index contributed by atoms with van der Waals surface area (Å²) in [7, 11) is 0. The summed E-state index contributed by atoms with van der Waals surface area (Å²) in [4.78, 5) is 8.98. The van der Waals surface area contributed by atoms with Gasteiger partial charge in [0.2, 0.25) is 5.95 Å². The molecular weight excluding hydrogens is 384 g/mol. The number of hydrogen-bond donors (Lipinski definition) is 3. The summed E-state index contributed by atoms with van der Waals surface area (Å²) >= 11 is 0. The van der Waals surface area contributed by atoms with E-state index in [1.54, 1.807) is 6.20 Å². The van der Waals surface area contributed by atoms with Crippen LogP contribution in [0.2, 0.25) is 0 Å². The first-order valence-corrected chi connectivity index (χ1v) is 11.7. The van der Waals surface area contributed by atoms with E-state index in [-0.39, 0.29) is 0 Å². The first-order valence-electron chi connectivity index (χ1n) is 11.7. The molecule has 5 atom stereocenters. The summed E-state index contributed by atoms with van der Waals surface area (Å²) < 4.78 is 0. The Morgan fingerprint density at radius 2 is 1.87 bits per heavy atom. The van der Waals surface area contributed by atoms with E-state index in [1.165, 1.54) is 37.7 Å². The van der Waals surface area contributed by atoms with Crippen LogP contribution in [-0.4, -0.2) is 29.1 Å². The molecule has 4 aliphatic carbocycles. The zero-order chi connectivity index (χ0) is 21.3. The Morgan fingerprint density at radius 3 is 2.61 bits per heavy atom. The number of rotatable bonds is 8. The van der Waals surface area contributed by atoms with Gasteiger partial charge in [-0.25, -0.2) is 4.98 Å². The molecule has 1 aromatic carbocycles. The quantitative estimate of drug-likeness (QED) is 0.563. The Balaban J connectivity index is 1.20. The zero-order valence-corrected chi connectivity index (χ0v) is 18.1. The van der Waals surface area contributed by atoms with Crippen LogP contribution in [0.1, 0.15) is 49.7 Å². The van der Waals surface area contributed by atoms with Crippen molar-refractivity contribution in [1.29, 1.82) is 5.26 Å². The summed E-state index contributed by atoms with van der Waals surface area (Å²) in [5, 5.41) is 16.4. The van der Waals surface area contributed by atoms with E-state index < -0.39 is 0 Å². The molecule has 4 aliphatic rings. The van der Waals surface area contributed by atoms with Gasteiger partial charge in [-0.3, -0.25) is 0 Å². The molecule has 1 unspecified atom stereocenters. The summed E-state index contributed by atoms with van der Waals surface area (Å²) in [6.07, 6.45) is 9.99. The van der Waals surface area contributed by atoms with Gasteiger partial charge in [-0.2, -0.15) is 10.2 Å². The van der Waals surface area contributed by atoms with Gasteiger partial charge in [-0.15, -0.1) is 0 Å². The molecule has 0 radical (unpaired) electrons. The molecular formula is C25H32N6. The third-order valence-corrected chi connectivity index (χ3v) is 7.78. The first kappa shape index (κ1) is 20.3. The maximum Gasteiger partial charge on any atom is 0.224 e. The Kier molecular flexibility index (Phi) is 5.54. The van der Waals surface area contributed by atoms with Gasteiger partial charge in [0.25, 0.3) is 0 Å². The molecule has 2 aromatic rings. The van der Waals surface area contributed by atoms with Crippen molar-refractivity contribution in [3.05, 3.63) is 47.7 Å². The van der Waals surface area contributed by atoms with Crippen LogP contribution in [0.3, 0.4) is 0 Å². The highest BCUT2D eigenvalue weighted by Crippen LogP contribution is 2.59. The summed E-state index contributed by atoms with van der Waals surface area (Å²) in [5.74, 6) is 3.43. The minimum atomic E-state index is 0.313. The van der Waals surface area contributed by atoms with E-state index >= 15 is 0 Å². The number of nitriles is 1. The largest absolute Gasteiger partial charge is 0.368 e. The van der Waals surface area contributed by atoms with Crippen LogP contribution in [0, 0.1) is 34.5 Å². The molecule has 6 heteroatoms. The van der Waals surface area contributed by atoms with Crippen LogP contribution in [0.25, 0.3) is 0 Å². The summed E-state index contributed by atoms with van der Waals surface area (Å²) in [5.41, 5.74) is 8.66. The van der Waals surface area contributed by atoms with Crippen molar-refractivity contribution < 1.29 is 0 Å². The van der Waals surface area contributed by atoms with Crippen molar-refractivity contribution in [3.63, 3.8) is 0 Å². The van der Waals surface area contributed by atoms with E-state index in [0.29, 0.717) is 40.6 Å². The lowest BCUT2D eigenvalue weighted by molar-refractivity contribution is -0.0591. The minimum Gasteiger partial charge on any atom is -0.368 e. The number of anilines is 2. The standard InChI is InChI=1S/C25H32N6/c26-14-21-15-29-24(28-8-4-7-17-5-2-1-3-6-17)31-23(21)30-16-25-11-18-9-19(12-25)22(27)20(10-18)13-25/h1-3,5-6,15,18-20,22H,4,7-13,16,27H2,(H2,28,29,30,31)/t18?,19-,20+,22-,25-. The molecule has 6 rings (SSSR count). The maximum atomic E-state index is 9.54. The second-order valence-corrected chi connectivity index (χ2v) is 9.98. The van der Waals surface area contributed by atoms with Crippen molar-refractivity contribution in [2.24, 2.45) is 28.9 Å². The van der Waals surface area contributed by atoms with Gasteiger partial charge in [-0.05, 0) is 73.7 Å². The van der Waals surface area contributed by atoms with E-state index in [9.17, 15) is 5.26 Å². The van der Waals surface area contributed by atoms with Crippen LogP contribution in [0.15, 0.2) is 36.5 Å². The van der Waals surface area contributed by atoms with Crippen LogP contribution in [0.5, 0.6) is 0 Å². The molecule has 4 fully saturated rings. The van der Waals surface area contributed by atoms with Crippen LogP contribution >= 0.6 is 0 Å². The molecule has 0 amide bonds. The lowest BCUT2D eigenvalue weighted by Gasteiger charge is -2.59. The molecule has 4 saturated carbocycles.